The number of aromatic nitrogens is 4. The minimum Gasteiger partial charge on any atom is -0.369 e. The molecule has 1 atom stereocenters. The molecule has 0 saturated heterocycles. The average Bonchev–Trinajstić information content (AvgIpc) is 3.51. The molecule has 0 bridgehead atoms. The van der Waals surface area contributed by atoms with E-state index < -0.39 is 0 Å². The Balaban J connectivity index is 1.33. The number of ether oxygens (including phenoxy) is 1. The molecule has 1 aliphatic rings. The molecule has 1 unspecified atom stereocenters. The van der Waals surface area contributed by atoms with Gasteiger partial charge in [0.25, 0.3) is 0 Å². The molecular formula is C28H29N5O2S3. The van der Waals surface area contributed by atoms with E-state index in [2.05, 4.69) is 36.3 Å². The molecule has 3 aromatic heterocycles. The second kappa shape index (κ2) is 10.5. The third-order valence-corrected chi connectivity index (χ3v) is 10.2. The van der Waals surface area contributed by atoms with Crippen LogP contribution >= 0.6 is 34.9 Å². The van der Waals surface area contributed by atoms with Crippen molar-refractivity contribution in [3.05, 3.63) is 52.9 Å². The summed E-state index contributed by atoms with van der Waals surface area (Å²) in [5.41, 5.74) is 2.73. The molecule has 10 heteroatoms. The molecule has 6 rings (SSSR count). The molecule has 1 amide bonds. The molecule has 4 heterocycles. The Labute approximate surface area is 233 Å². The summed E-state index contributed by atoms with van der Waals surface area (Å²) in [4.78, 5) is 20.3. The minimum atomic E-state index is -0.190. The molecule has 0 saturated carbocycles. The summed E-state index contributed by atoms with van der Waals surface area (Å²) >= 11 is 4.80. The Kier molecular flexibility index (Phi) is 7.07. The van der Waals surface area contributed by atoms with Gasteiger partial charge in [0.1, 0.15) is 4.83 Å². The van der Waals surface area contributed by atoms with Gasteiger partial charge in [0.05, 0.1) is 23.3 Å². The van der Waals surface area contributed by atoms with E-state index in [1.807, 2.05) is 46.9 Å². The lowest BCUT2D eigenvalue weighted by molar-refractivity contribution is -0.113. The van der Waals surface area contributed by atoms with Crippen molar-refractivity contribution in [1.29, 1.82) is 0 Å². The fourth-order valence-corrected chi connectivity index (χ4v) is 7.57. The standard InChI is InChI=1S/C28H29N5O2S3/c1-4-13-36-26-30-25-23(19-14-28(3,5-2)35-15-21(19)38-25)24-31-32-27(33(24)26)37-16-22(34)29-20-12-8-10-17-9-6-7-11-18(17)20/h6-12H,4-5,13-16H2,1-3H3,(H,29,34). The summed E-state index contributed by atoms with van der Waals surface area (Å²) in [5, 5.41) is 17.0. The number of amides is 1. The van der Waals surface area contributed by atoms with Crippen LogP contribution in [0.1, 0.15) is 44.1 Å². The molecule has 0 radical (unpaired) electrons. The number of rotatable bonds is 8. The lowest BCUT2D eigenvalue weighted by Crippen LogP contribution is -2.33. The number of anilines is 1. The predicted octanol–water partition coefficient (Wildman–Crippen LogP) is 6.97. The maximum Gasteiger partial charge on any atom is 0.234 e. The van der Waals surface area contributed by atoms with Gasteiger partial charge in [-0.25, -0.2) is 9.38 Å². The molecule has 38 heavy (non-hydrogen) atoms. The molecule has 0 aliphatic carbocycles. The number of benzene rings is 2. The van der Waals surface area contributed by atoms with Crippen LogP contribution in [0.3, 0.4) is 0 Å². The van der Waals surface area contributed by atoms with E-state index in [9.17, 15) is 4.79 Å². The Morgan fingerprint density at radius 3 is 2.82 bits per heavy atom. The summed E-state index contributed by atoms with van der Waals surface area (Å²) in [5.74, 6) is 1.09. The van der Waals surface area contributed by atoms with Crippen LogP contribution < -0.4 is 5.32 Å². The molecule has 1 N–H and O–H groups in total. The van der Waals surface area contributed by atoms with Gasteiger partial charge in [-0.05, 0) is 36.8 Å². The van der Waals surface area contributed by atoms with Crippen molar-refractivity contribution in [2.75, 3.05) is 16.8 Å². The van der Waals surface area contributed by atoms with Crippen LogP contribution in [0, 0.1) is 0 Å². The smallest absolute Gasteiger partial charge is 0.234 e. The molecule has 2 aromatic carbocycles. The van der Waals surface area contributed by atoms with Gasteiger partial charge in [-0.3, -0.25) is 4.79 Å². The largest absolute Gasteiger partial charge is 0.369 e. The van der Waals surface area contributed by atoms with Crippen LogP contribution in [-0.2, 0) is 22.6 Å². The molecule has 0 fully saturated rings. The first-order valence-corrected chi connectivity index (χ1v) is 15.6. The zero-order chi connectivity index (χ0) is 26.3. The van der Waals surface area contributed by atoms with Gasteiger partial charge in [0, 0.05) is 28.1 Å². The highest BCUT2D eigenvalue weighted by molar-refractivity contribution is 8.00. The minimum absolute atomic E-state index is 0.0799. The van der Waals surface area contributed by atoms with Crippen molar-refractivity contribution in [3.63, 3.8) is 0 Å². The number of thiophene rings is 1. The highest BCUT2D eigenvalue weighted by atomic mass is 32.2. The summed E-state index contributed by atoms with van der Waals surface area (Å²) in [6.45, 7) is 7.11. The van der Waals surface area contributed by atoms with Gasteiger partial charge in [0.15, 0.2) is 16.0 Å². The zero-order valence-electron chi connectivity index (χ0n) is 21.6. The number of carbonyl (C=O) groups excluding carboxylic acids is 1. The van der Waals surface area contributed by atoms with Crippen molar-refractivity contribution in [3.8, 4) is 0 Å². The summed E-state index contributed by atoms with van der Waals surface area (Å²) in [6, 6.07) is 14.0. The number of hydrogen-bond donors (Lipinski definition) is 1. The van der Waals surface area contributed by atoms with E-state index in [4.69, 9.17) is 9.72 Å². The number of carbonyl (C=O) groups is 1. The Bertz CT molecular complexity index is 1660. The van der Waals surface area contributed by atoms with Gasteiger partial charge in [0.2, 0.25) is 5.91 Å². The monoisotopic (exact) mass is 563 g/mol. The number of nitrogens with one attached hydrogen (secondary N) is 1. The van der Waals surface area contributed by atoms with Crippen LogP contribution in [-0.4, -0.2) is 42.6 Å². The third-order valence-electron chi connectivity index (χ3n) is 7.00. The van der Waals surface area contributed by atoms with Crippen molar-refractivity contribution in [2.45, 2.75) is 62.6 Å². The molecule has 1 aliphatic heterocycles. The lowest BCUT2D eigenvalue weighted by Gasteiger charge is -2.33. The van der Waals surface area contributed by atoms with Gasteiger partial charge in [-0.1, -0.05) is 73.8 Å². The molecule has 5 aromatic rings. The van der Waals surface area contributed by atoms with E-state index in [1.165, 1.54) is 22.2 Å². The normalized spacial score (nSPS) is 17.3. The highest BCUT2D eigenvalue weighted by Crippen LogP contribution is 2.42. The highest BCUT2D eigenvalue weighted by Gasteiger charge is 2.33. The first-order valence-electron chi connectivity index (χ1n) is 12.9. The Hall–Kier alpha value is -2.66. The topological polar surface area (TPSA) is 81.4 Å². The van der Waals surface area contributed by atoms with Crippen LogP contribution in [0.15, 0.2) is 52.8 Å². The maximum absolute atomic E-state index is 13.0. The number of fused-ring (bicyclic) bond motifs is 6. The van der Waals surface area contributed by atoms with Crippen molar-refractivity contribution in [2.24, 2.45) is 0 Å². The quantitative estimate of drug-likeness (QED) is 0.161. The summed E-state index contributed by atoms with van der Waals surface area (Å²) in [7, 11) is 0. The van der Waals surface area contributed by atoms with Crippen molar-refractivity contribution >= 4 is 73.1 Å². The average molecular weight is 564 g/mol. The second-order valence-electron chi connectivity index (χ2n) is 9.70. The Morgan fingerprint density at radius 2 is 1.97 bits per heavy atom. The zero-order valence-corrected chi connectivity index (χ0v) is 24.1. The third kappa shape index (κ3) is 4.68. The van der Waals surface area contributed by atoms with Gasteiger partial charge in [-0.15, -0.1) is 21.5 Å². The van der Waals surface area contributed by atoms with E-state index in [-0.39, 0.29) is 17.3 Å². The van der Waals surface area contributed by atoms with Gasteiger partial charge in [-0.2, -0.15) is 0 Å². The van der Waals surface area contributed by atoms with Crippen LogP contribution in [0.25, 0.3) is 26.6 Å². The van der Waals surface area contributed by atoms with Crippen LogP contribution in [0.2, 0.25) is 0 Å². The summed E-state index contributed by atoms with van der Waals surface area (Å²) < 4.78 is 8.26. The van der Waals surface area contributed by atoms with E-state index in [0.717, 1.165) is 62.5 Å². The first-order chi connectivity index (χ1) is 18.5. The van der Waals surface area contributed by atoms with Crippen LogP contribution in [0.5, 0.6) is 0 Å². The van der Waals surface area contributed by atoms with E-state index in [0.29, 0.717) is 11.8 Å². The molecule has 7 nitrogen and oxygen atoms in total. The maximum atomic E-state index is 13.0. The Morgan fingerprint density at radius 1 is 1.13 bits per heavy atom. The molecule has 0 spiro atoms. The first kappa shape index (κ1) is 25.6. The molecule has 196 valence electrons. The summed E-state index contributed by atoms with van der Waals surface area (Å²) in [6.07, 6.45) is 2.81. The number of nitrogens with zero attached hydrogens (tertiary/aromatic N) is 4. The van der Waals surface area contributed by atoms with Crippen molar-refractivity contribution < 1.29 is 9.53 Å². The number of hydrogen-bond acceptors (Lipinski definition) is 8. The van der Waals surface area contributed by atoms with E-state index >= 15 is 0 Å². The predicted molar refractivity (Wildman–Crippen MR) is 158 cm³/mol. The fourth-order valence-electron chi connectivity index (χ4n) is 4.78. The van der Waals surface area contributed by atoms with Gasteiger partial charge >= 0.3 is 0 Å². The SMILES string of the molecule is CCCSc1nc2sc3c(c2c2nnc(SCC(=O)Nc4cccc5ccccc45)n12)CC(C)(CC)OC3. The van der Waals surface area contributed by atoms with Gasteiger partial charge < -0.3 is 10.1 Å². The number of thioether (sulfide) groups is 2. The van der Waals surface area contributed by atoms with E-state index in [1.54, 1.807) is 23.1 Å². The van der Waals surface area contributed by atoms with Crippen molar-refractivity contribution in [1.82, 2.24) is 19.6 Å². The molecular weight excluding hydrogens is 535 g/mol. The fraction of sp³-hybridized carbons (Fsp3) is 0.357. The second-order valence-corrected chi connectivity index (χ2v) is 12.8. The lowest BCUT2D eigenvalue weighted by atomic mass is 9.90. The van der Waals surface area contributed by atoms with Crippen LogP contribution in [0.4, 0.5) is 5.69 Å².